The zero-order chi connectivity index (χ0) is 13.3. The molecular formula is C16H23N3. The number of hydrogen-bond acceptors (Lipinski definition) is 2. The van der Waals surface area contributed by atoms with Crippen LogP contribution in [0, 0.1) is 0 Å². The molecule has 1 aromatic carbocycles. The maximum absolute atomic E-state index is 4.37. The molecule has 1 N–H and O–H groups in total. The van der Waals surface area contributed by atoms with Gasteiger partial charge in [0.25, 0.3) is 0 Å². The van der Waals surface area contributed by atoms with Gasteiger partial charge < -0.3 is 9.88 Å². The third kappa shape index (κ3) is 4.43. The van der Waals surface area contributed by atoms with Crippen molar-refractivity contribution >= 4 is 5.95 Å². The summed E-state index contributed by atoms with van der Waals surface area (Å²) in [6.07, 6.45) is 8.59. The number of rotatable bonds is 8. The van der Waals surface area contributed by atoms with Gasteiger partial charge in [0.05, 0.1) is 0 Å². The van der Waals surface area contributed by atoms with Crippen LogP contribution < -0.4 is 5.32 Å². The number of benzene rings is 1. The Morgan fingerprint density at radius 2 is 2.00 bits per heavy atom. The molecule has 0 fully saturated rings. The number of aromatic nitrogens is 2. The zero-order valence-electron chi connectivity index (χ0n) is 11.7. The molecule has 3 heteroatoms. The van der Waals surface area contributed by atoms with Crippen LogP contribution >= 0.6 is 0 Å². The van der Waals surface area contributed by atoms with Crippen molar-refractivity contribution in [2.24, 2.45) is 0 Å². The van der Waals surface area contributed by atoms with Crippen molar-refractivity contribution in [3.05, 3.63) is 48.3 Å². The molecule has 0 saturated carbocycles. The Hall–Kier alpha value is -1.77. The Morgan fingerprint density at radius 1 is 1.16 bits per heavy atom. The standard InChI is InChI=1S/C16H23N3/c1-2-3-11-17-16-18-12-14-19(16)13-7-10-15-8-5-4-6-9-15/h4-6,8-9,12,14H,2-3,7,10-11,13H2,1H3,(H,17,18). The minimum absolute atomic E-state index is 1.00. The quantitative estimate of drug-likeness (QED) is 0.730. The molecule has 0 aliphatic rings. The van der Waals surface area contributed by atoms with E-state index in [0.717, 1.165) is 31.9 Å². The molecular weight excluding hydrogens is 234 g/mol. The highest BCUT2D eigenvalue weighted by atomic mass is 15.2. The molecule has 0 spiro atoms. The highest BCUT2D eigenvalue weighted by molar-refractivity contribution is 5.25. The first-order valence-corrected chi connectivity index (χ1v) is 7.19. The van der Waals surface area contributed by atoms with Gasteiger partial charge in [-0.15, -0.1) is 0 Å². The van der Waals surface area contributed by atoms with Crippen molar-refractivity contribution in [1.82, 2.24) is 9.55 Å². The second-order valence-electron chi connectivity index (χ2n) is 4.81. The summed E-state index contributed by atoms with van der Waals surface area (Å²) in [5.41, 5.74) is 1.41. The molecule has 0 saturated heterocycles. The molecule has 19 heavy (non-hydrogen) atoms. The molecule has 2 rings (SSSR count). The van der Waals surface area contributed by atoms with E-state index in [1.54, 1.807) is 0 Å². The Morgan fingerprint density at radius 3 is 2.79 bits per heavy atom. The largest absolute Gasteiger partial charge is 0.356 e. The monoisotopic (exact) mass is 257 g/mol. The first kappa shape index (κ1) is 13.7. The second kappa shape index (κ2) is 7.62. The van der Waals surface area contributed by atoms with Crippen LogP contribution in [-0.2, 0) is 13.0 Å². The van der Waals surface area contributed by atoms with Crippen LogP contribution in [0.15, 0.2) is 42.7 Å². The van der Waals surface area contributed by atoms with E-state index in [2.05, 4.69) is 58.3 Å². The summed E-state index contributed by atoms with van der Waals surface area (Å²) in [6, 6.07) is 10.6. The lowest BCUT2D eigenvalue weighted by Crippen LogP contribution is -2.09. The number of imidazole rings is 1. The number of unbranched alkanes of at least 4 members (excludes halogenated alkanes) is 1. The van der Waals surface area contributed by atoms with E-state index < -0.39 is 0 Å². The summed E-state index contributed by atoms with van der Waals surface area (Å²) >= 11 is 0. The van der Waals surface area contributed by atoms with Crippen molar-refractivity contribution in [3.8, 4) is 0 Å². The summed E-state index contributed by atoms with van der Waals surface area (Å²) in [7, 11) is 0. The van der Waals surface area contributed by atoms with Gasteiger partial charge in [0, 0.05) is 25.5 Å². The highest BCUT2D eigenvalue weighted by Gasteiger charge is 2.01. The summed E-state index contributed by atoms with van der Waals surface area (Å²) in [5.74, 6) is 1.00. The van der Waals surface area contributed by atoms with E-state index in [1.165, 1.54) is 18.4 Å². The molecule has 0 aliphatic carbocycles. The zero-order valence-corrected chi connectivity index (χ0v) is 11.7. The summed E-state index contributed by atoms with van der Waals surface area (Å²) < 4.78 is 2.21. The van der Waals surface area contributed by atoms with Gasteiger partial charge in [-0.3, -0.25) is 0 Å². The van der Waals surface area contributed by atoms with Crippen LogP contribution in [0.3, 0.4) is 0 Å². The van der Waals surface area contributed by atoms with Crippen molar-refractivity contribution in [2.75, 3.05) is 11.9 Å². The van der Waals surface area contributed by atoms with E-state index in [4.69, 9.17) is 0 Å². The molecule has 1 aromatic heterocycles. The highest BCUT2D eigenvalue weighted by Crippen LogP contribution is 2.08. The van der Waals surface area contributed by atoms with Crippen molar-refractivity contribution in [3.63, 3.8) is 0 Å². The number of anilines is 1. The summed E-state index contributed by atoms with van der Waals surface area (Å²) in [4.78, 5) is 4.37. The minimum atomic E-state index is 1.00. The third-order valence-electron chi connectivity index (χ3n) is 3.24. The predicted molar refractivity (Wildman–Crippen MR) is 80.4 cm³/mol. The average molecular weight is 257 g/mol. The van der Waals surface area contributed by atoms with E-state index in [9.17, 15) is 0 Å². The smallest absolute Gasteiger partial charge is 0.202 e. The fraction of sp³-hybridized carbons (Fsp3) is 0.438. The van der Waals surface area contributed by atoms with E-state index in [-0.39, 0.29) is 0 Å². The predicted octanol–water partition coefficient (Wildman–Crippen LogP) is 3.73. The lowest BCUT2D eigenvalue weighted by atomic mass is 10.1. The number of nitrogens with zero attached hydrogens (tertiary/aromatic N) is 2. The molecule has 3 nitrogen and oxygen atoms in total. The molecule has 0 unspecified atom stereocenters. The Kier molecular flexibility index (Phi) is 5.48. The van der Waals surface area contributed by atoms with E-state index in [0.29, 0.717) is 0 Å². The number of aryl methyl sites for hydroxylation is 2. The average Bonchev–Trinajstić information content (AvgIpc) is 2.88. The van der Waals surface area contributed by atoms with E-state index >= 15 is 0 Å². The molecule has 0 radical (unpaired) electrons. The first-order valence-electron chi connectivity index (χ1n) is 7.19. The molecule has 0 atom stereocenters. The minimum Gasteiger partial charge on any atom is -0.356 e. The Labute approximate surface area is 115 Å². The number of nitrogens with one attached hydrogen (secondary N) is 1. The van der Waals surface area contributed by atoms with Crippen molar-refractivity contribution < 1.29 is 0 Å². The lowest BCUT2D eigenvalue weighted by Gasteiger charge is -2.09. The Bertz CT molecular complexity index is 462. The topological polar surface area (TPSA) is 29.9 Å². The van der Waals surface area contributed by atoms with Crippen molar-refractivity contribution in [1.29, 1.82) is 0 Å². The van der Waals surface area contributed by atoms with Gasteiger partial charge >= 0.3 is 0 Å². The van der Waals surface area contributed by atoms with Gasteiger partial charge in [0.2, 0.25) is 5.95 Å². The summed E-state index contributed by atoms with van der Waals surface area (Å²) in [6.45, 7) is 4.23. The van der Waals surface area contributed by atoms with Gasteiger partial charge in [-0.1, -0.05) is 43.7 Å². The Balaban J connectivity index is 1.78. The fourth-order valence-corrected chi connectivity index (χ4v) is 2.13. The van der Waals surface area contributed by atoms with Crippen LogP contribution in [-0.4, -0.2) is 16.1 Å². The summed E-state index contributed by atoms with van der Waals surface area (Å²) in [5, 5.41) is 3.39. The number of hydrogen-bond donors (Lipinski definition) is 1. The normalized spacial score (nSPS) is 10.6. The third-order valence-corrected chi connectivity index (χ3v) is 3.24. The van der Waals surface area contributed by atoms with Gasteiger partial charge in [0.1, 0.15) is 0 Å². The van der Waals surface area contributed by atoms with Crippen LogP contribution in [0.5, 0.6) is 0 Å². The maximum Gasteiger partial charge on any atom is 0.202 e. The molecule has 1 heterocycles. The fourth-order valence-electron chi connectivity index (χ4n) is 2.13. The van der Waals surface area contributed by atoms with E-state index in [1.807, 2.05) is 6.20 Å². The van der Waals surface area contributed by atoms with Gasteiger partial charge in [-0.25, -0.2) is 4.98 Å². The SMILES string of the molecule is CCCCNc1nccn1CCCc1ccccc1. The second-order valence-corrected chi connectivity index (χ2v) is 4.81. The van der Waals surface area contributed by atoms with Crippen LogP contribution in [0.2, 0.25) is 0 Å². The molecule has 0 aliphatic heterocycles. The van der Waals surface area contributed by atoms with Gasteiger partial charge in [-0.2, -0.15) is 0 Å². The van der Waals surface area contributed by atoms with Gasteiger partial charge in [0.15, 0.2) is 0 Å². The molecule has 102 valence electrons. The van der Waals surface area contributed by atoms with Crippen LogP contribution in [0.4, 0.5) is 5.95 Å². The van der Waals surface area contributed by atoms with Crippen LogP contribution in [0.1, 0.15) is 31.7 Å². The molecule has 0 bridgehead atoms. The molecule has 2 aromatic rings. The van der Waals surface area contributed by atoms with Crippen LogP contribution in [0.25, 0.3) is 0 Å². The first-order chi connectivity index (χ1) is 9.40. The lowest BCUT2D eigenvalue weighted by molar-refractivity contribution is 0.644. The van der Waals surface area contributed by atoms with Gasteiger partial charge in [-0.05, 0) is 24.8 Å². The maximum atomic E-state index is 4.37. The molecule has 0 amide bonds. The van der Waals surface area contributed by atoms with Crippen molar-refractivity contribution in [2.45, 2.75) is 39.2 Å².